The molecule has 6 nitrogen and oxygen atoms in total. The summed E-state index contributed by atoms with van der Waals surface area (Å²) in [6.45, 7) is 2.62. The lowest BCUT2D eigenvalue weighted by molar-refractivity contribution is -0.137. The predicted octanol–water partition coefficient (Wildman–Crippen LogP) is 3.42. The van der Waals surface area contributed by atoms with Crippen molar-refractivity contribution in [3.8, 4) is 5.75 Å². The monoisotopic (exact) mass is 420 g/mol. The van der Waals surface area contributed by atoms with Crippen LogP contribution in [0.1, 0.15) is 55.3 Å². The van der Waals surface area contributed by atoms with Gasteiger partial charge in [0.2, 0.25) is 5.91 Å². The summed E-state index contributed by atoms with van der Waals surface area (Å²) in [5.41, 5.74) is 0.563. The number of likely N-dealkylation sites (tertiary alicyclic amines) is 1. The highest BCUT2D eigenvalue weighted by atomic mass is 35.5. The molecule has 7 heteroatoms. The number of carbonyl (C=O) groups is 2. The molecule has 1 N–H and O–H groups in total. The van der Waals surface area contributed by atoms with E-state index in [-0.39, 0.29) is 29.9 Å². The molecule has 1 aromatic rings. The minimum absolute atomic E-state index is 0.0184. The van der Waals surface area contributed by atoms with E-state index in [0.717, 1.165) is 32.1 Å². The molecular weight excluding hydrogens is 392 g/mol. The Hall–Kier alpha value is -1.79. The highest BCUT2D eigenvalue weighted by Gasteiger charge is 2.31. The van der Waals surface area contributed by atoms with Crippen molar-refractivity contribution >= 4 is 23.4 Å². The fourth-order valence-corrected chi connectivity index (χ4v) is 4.66. The molecule has 2 heterocycles. The second-order valence-corrected chi connectivity index (χ2v) is 8.71. The fourth-order valence-electron chi connectivity index (χ4n) is 4.44. The molecular formula is C22H29ClN2O4. The number of piperidine rings is 1. The Morgan fingerprint density at radius 1 is 1.10 bits per heavy atom. The van der Waals surface area contributed by atoms with Gasteiger partial charge in [0.25, 0.3) is 5.91 Å². The first kappa shape index (κ1) is 20.5. The molecule has 1 aliphatic carbocycles. The van der Waals surface area contributed by atoms with E-state index in [0.29, 0.717) is 42.6 Å². The summed E-state index contributed by atoms with van der Waals surface area (Å²) >= 11 is 6.39. The van der Waals surface area contributed by atoms with E-state index in [9.17, 15) is 9.59 Å². The molecule has 0 spiro atoms. The molecule has 1 aromatic carbocycles. The van der Waals surface area contributed by atoms with Crippen LogP contribution in [-0.2, 0) is 9.53 Å². The van der Waals surface area contributed by atoms with Gasteiger partial charge in [-0.05, 0) is 37.5 Å². The quantitative estimate of drug-likeness (QED) is 0.792. The lowest BCUT2D eigenvalue weighted by Gasteiger charge is -2.33. The van der Waals surface area contributed by atoms with E-state index in [1.54, 1.807) is 18.2 Å². The molecule has 29 heavy (non-hydrogen) atoms. The normalized spacial score (nSPS) is 23.3. The molecule has 1 unspecified atom stereocenters. The average molecular weight is 421 g/mol. The van der Waals surface area contributed by atoms with Gasteiger partial charge in [0.1, 0.15) is 11.9 Å². The van der Waals surface area contributed by atoms with Crippen molar-refractivity contribution in [3.63, 3.8) is 0 Å². The maximum Gasteiger partial charge on any atom is 0.251 e. The first-order valence-electron chi connectivity index (χ1n) is 10.7. The zero-order chi connectivity index (χ0) is 20.2. The smallest absolute Gasteiger partial charge is 0.251 e. The minimum Gasteiger partial charge on any atom is -0.489 e. The number of hydrogen-bond acceptors (Lipinski definition) is 4. The molecule has 0 aromatic heterocycles. The summed E-state index contributed by atoms with van der Waals surface area (Å²) in [5.74, 6) is 0.743. The van der Waals surface area contributed by atoms with Gasteiger partial charge < -0.3 is 19.7 Å². The lowest BCUT2D eigenvalue weighted by atomic mass is 10.0. The zero-order valence-electron chi connectivity index (χ0n) is 16.7. The van der Waals surface area contributed by atoms with Gasteiger partial charge >= 0.3 is 0 Å². The van der Waals surface area contributed by atoms with Gasteiger partial charge in [0.15, 0.2) is 0 Å². The highest BCUT2D eigenvalue weighted by Crippen LogP contribution is 2.29. The third-order valence-corrected chi connectivity index (χ3v) is 6.51. The molecule has 0 bridgehead atoms. The Morgan fingerprint density at radius 2 is 1.86 bits per heavy atom. The van der Waals surface area contributed by atoms with Crippen LogP contribution in [0.15, 0.2) is 18.2 Å². The van der Waals surface area contributed by atoms with Gasteiger partial charge in [0.05, 0.1) is 17.5 Å². The van der Waals surface area contributed by atoms with Crippen molar-refractivity contribution in [1.82, 2.24) is 10.2 Å². The molecule has 1 atom stereocenters. The molecule has 0 radical (unpaired) electrons. The number of ether oxygens (including phenoxy) is 2. The first-order chi connectivity index (χ1) is 14.1. The van der Waals surface area contributed by atoms with Crippen molar-refractivity contribution < 1.29 is 19.1 Å². The van der Waals surface area contributed by atoms with Gasteiger partial charge in [0, 0.05) is 44.1 Å². The van der Waals surface area contributed by atoms with Crippen LogP contribution in [0.3, 0.4) is 0 Å². The van der Waals surface area contributed by atoms with Crippen LogP contribution in [0, 0.1) is 5.92 Å². The van der Waals surface area contributed by atoms with Crippen LogP contribution in [0.4, 0.5) is 0 Å². The number of carbonyl (C=O) groups excluding carboxylic acids is 2. The summed E-state index contributed by atoms with van der Waals surface area (Å²) in [6.07, 6.45) is 6.86. The Labute approximate surface area is 176 Å². The second-order valence-electron chi connectivity index (χ2n) is 8.30. The third-order valence-electron chi connectivity index (χ3n) is 6.21. The van der Waals surface area contributed by atoms with Crippen molar-refractivity contribution in [2.45, 2.75) is 57.1 Å². The lowest BCUT2D eigenvalue weighted by Crippen LogP contribution is -2.44. The molecule has 2 saturated heterocycles. The third kappa shape index (κ3) is 5.04. The number of amides is 2. The van der Waals surface area contributed by atoms with Crippen LogP contribution in [-0.4, -0.2) is 55.2 Å². The van der Waals surface area contributed by atoms with E-state index < -0.39 is 0 Å². The number of nitrogens with one attached hydrogen (secondary N) is 1. The molecule has 3 aliphatic rings. The molecule has 1 saturated carbocycles. The van der Waals surface area contributed by atoms with Crippen LogP contribution >= 0.6 is 11.6 Å². The number of hydrogen-bond donors (Lipinski definition) is 1. The first-order valence-corrected chi connectivity index (χ1v) is 11.1. The standard InChI is InChI=1S/C22H29ClN2O4/c23-19-13-15(21(26)24-17-3-1-2-4-17)5-6-20(19)29-18-7-10-25(11-8-18)22(27)16-9-12-28-14-16/h5-6,13,16-18H,1-4,7-12,14H2,(H,24,26). The maximum atomic E-state index is 12.5. The van der Waals surface area contributed by atoms with E-state index in [1.165, 1.54) is 12.8 Å². The van der Waals surface area contributed by atoms with Gasteiger partial charge in [-0.2, -0.15) is 0 Å². The Kier molecular flexibility index (Phi) is 6.60. The van der Waals surface area contributed by atoms with E-state index in [2.05, 4.69) is 5.32 Å². The summed E-state index contributed by atoms with van der Waals surface area (Å²) in [5, 5.41) is 3.53. The van der Waals surface area contributed by atoms with Crippen molar-refractivity contribution in [2.24, 2.45) is 5.92 Å². The SMILES string of the molecule is O=C(NC1CCCC1)c1ccc(OC2CCN(C(=O)C3CCOC3)CC2)c(Cl)c1. The topological polar surface area (TPSA) is 67.9 Å². The Balaban J connectivity index is 1.28. The van der Waals surface area contributed by atoms with Crippen molar-refractivity contribution in [3.05, 3.63) is 28.8 Å². The average Bonchev–Trinajstić information content (AvgIpc) is 3.44. The largest absolute Gasteiger partial charge is 0.489 e. The van der Waals surface area contributed by atoms with Gasteiger partial charge in [-0.25, -0.2) is 0 Å². The second kappa shape index (κ2) is 9.35. The molecule has 158 valence electrons. The molecule has 3 fully saturated rings. The molecule has 2 aliphatic heterocycles. The van der Waals surface area contributed by atoms with Crippen LogP contribution in [0.5, 0.6) is 5.75 Å². The molecule has 2 amide bonds. The number of halogens is 1. The zero-order valence-corrected chi connectivity index (χ0v) is 17.5. The van der Waals surface area contributed by atoms with Crippen molar-refractivity contribution in [1.29, 1.82) is 0 Å². The minimum atomic E-state index is -0.0759. The predicted molar refractivity (Wildman–Crippen MR) is 110 cm³/mol. The summed E-state index contributed by atoms with van der Waals surface area (Å²) < 4.78 is 11.4. The maximum absolute atomic E-state index is 12.5. The summed E-state index contributed by atoms with van der Waals surface area (Å²) in [6, 6.07) is 5.50. The van der Waals surface area contributed by atoms with Crippen LogP contribution in [0.2, 0.25) is 5.02 Å². The van der Waals surface area contributed by atoms with E-state index >= 15 is 0 Å². The van der Waals surface area contributed by atoms with Gasteiger partial charge in [-0.3, -0.25) is 9.59 Å². The Bertz CT molecular complexity index is 736. The highest BCUT2D eigenvalue weighted by molar-refractivity contribution is 6.32. The van der Waals surface area contributed by atoms with Gasteiger partial charge in [-0.1, -0.05) is 24.4 Å². The van der Waals surface area contributed by atoms with Gasteiger partial charge in [-0.15, -0.1) is 0 Å². The summed E-state index contributed by atoms with van der Waals surface area (Å²) in [4.78, 5) is 26.8. The molecule has 4 rings (SSSR count). The van der Waals surface area contributed by atoms with Crippen molar-refractivity contribution in [2.75, 3.05) is 26.3 Å². The number of nitrogens with zero attached hydrogens (tertiary/aromatic N) is 1. The van der Waals surface area contributed by atoms with E-state index in [4.69, 9.17) is 21.1 Å². The fraction of sp³-hybridized carbons (Fsp3) is 0.636. The number of benzene rings is 1. The summed E-state index contributed by atoms with van der Waals surface area (Å²) in [7, 11) is 0. The Morgan fingerprint density at radius 3 is 2.52 bits per heavy atom. The van der Waals surface area contributed by atoms with E-state index in [1.807, 2.05) is 4.90 Å². The number of rotatable bonds is 5. The van der Waals surface area contributed by atoms with Crippen LogP contribution in [0.25, 0.3) is 0 Å². The van der Waals surface area contributed by atoms with Crippen LogP contribution < -0.4 is 10.1 Å².